The maximum atomic E-state index is 14.2. The summed E-state index contributed by atoms with van der Waals surface area (Å²) in [6.07, 6.45) is 2.07. The zero-order chi connectivity index (χ0) is 23.6. The zero-order valence-corrected chi connectivity index (χ0v) is 17.8. The standard InChI is InChI=1S/C20H19F2N5O4S/c1-3-32(29,30)25-13-5-7-17(31-18-6-4-12(21)8-15(18)22)14(9-13)16-10-26(2)20(28)19(24)27(16)11-23/h4-11,23-25H,3H2,1-2H3. The molecule has 3 rings (SSSR count). The molecule has 9 nitrogen and oxygen atoms in total. The molecule has 1 heterocycles. The molecule has 2 aromatic carbocycles. The highest BCUT2D eigenvalue weighted by molar-refractivity contribution is 7.92. The molecule has 32 heavy (non-hydrogen) atoms. The second kappa shape index (κ2) is 8.75. The molecule has 0 atom stereocenters. The molecule has 0 aliphatic rings. The Balaban J connectivity index is 2.26. The Labute approximate surface area is 181 Å². The third-order valence-electron chi connectivity index (χ3n) is 4.49. The SMILES string of the molecule is CCS(=O)(=O)Nc1ccc(Oc2ccc(F)cc2F)c(-c2cn(C)c(=O)c(=N)n2C=N)c1. The third-order valence-corrected chi connectivity index (χ3v) is 5.80. The van der Waals surface area contributed by atoms with Crippen molar-refractivity contribution in [3.63, 3.8) is 0 Å². The molecule has 0 aliphatic carbocycles. The number of aryl methyl sites for hydroxylation is 1. The van der Waals surface area contributed by atoms with Crippen LogP contribution in [0.25, 0.3) is 11.3 Å². The van der Waals surface area contributed by atoms with Crippen molar-refractivity contribution in [2.45, 2.75) is 6.92 Å². The van der Waals surface area contributed by atoms with E-state index in [0.29, 0.717) is 6.07 Å². The minimum absolute atomic E-state index is 0.0172. The second-order valence-corrected chi connectivity index (χ2v) is 8.68. The van der Waals surface area contributed by atoms with Crippen LogP contribution in [-0.4, -0.2) is 29.6 Å². The molecule has 0 unspecified atom stereocenters. The molecule has 12 heteroatoms. The number of nitrogens with one attached hydrogen (secondary N) is 3. The number of nitrogens with zero attached hydrogens (tertiary/aromatic N) is 2. The number of benzene rings is 2. The van der Waals surface area contributed by atoms with Crippen LogP contribution in [-0.2, 0) is 17.1 Å². The van der Waals surface area contributed by atoms with Crippen LogP contribution in [0, 0.1) is 22.5 Å². The van der Waals surface area contributed by atoms with Crippen molar-refractivity contribution >= 4 is 22.0 Å². The van der Waals surface area contributed by atoms with Crippen LogP contribution < -0.4 is 20.5 Å². The van der Waals surface area contributed by atoms with E-state index in [9.17, 15) is 22.0 Å². The maximum absolute atomic E-state index is 14.2. The van der Waals surface area contributed by atoms with Crippen LogP contribution in [0.15, 0.2) is 47.4 Å². The fourth-order valence-corrected chi connectivity index (χ4v) is 3.47. The summed E-state index contributed by atoms with van der Waals surface area (Å²) in [6.45, 7) is 1.46. The Morgan fingerprint density at radius 3 is 2.47 bits per heavy atom. The summed E-state index contributed by atoms with van der Waals surface area (Å²) in [6, 6.07) is 6.84. The van der Waals surface area contributed by atoms with Gasteiger partial charge in [0.1, 0.15) is 11.6 Å². The summed E-state index contributed by atoms with van der Waals surface area (Å²) in [5.74, 6) is -2.22. The predicted molar refractivity (Wildman–Crippen MR) is 115 cm³/mol. The number of hydrogen-bond acceptors (Lipinski definition) is 6. The topological polar surface area (TPSA) is 130 Å². The molecule has 0 saturated carbocycles. The van der Waals surface area contributed by atoms with Crippen LogP contribution in [0.3, 0.4) is 0 Å². The number of rotatable bonds is 7. The van der Waals surface area contributed by atoms with Gasteiger partial charge in [0, 0.05) is 30.6 Å². The highest BCUT2D eigenvalue weighted by Gasteiger charge is 2.18. The smallest absolute Gasteiger partial charge is 0.293 e. The van der Waals surface area contributed by atoms with Crippen molar-refractivity contribution in [3.8, 4) is 22.8 Å². The lowest BCUT2D eigenvalue weighted by Gasteiger charge is -2.17. The molecule has 1 aromatic heterocycles. The molecule has 0 aliphatic heterocycles. The molecule has 0 spiro atoms. The number of anilines is 1. The lowest BCUT2D eigenvalue weighted by atomic mass is 10.1. The first-order chi connectivity index (χ1) is 15.1. The van der Waals surface area contributed by atoms with Crippen molar-refractivity contribution < 1.29 is 21.9 Å². The molecule has 0 saturated heterocycles. The van der Waals surface area contributed by atoms with Gasteiger partial charge in [0.05, 0.1) is 17.8 Å². The molecule has 0 fully saturated rings. The van der Waals surface area contributed by atoms with E-state index >= 15 is 0 Å². The van der Waals surface area contributed by atoms with Gasteiger partial charge in [0.25, 0.3) is 5.56 Å². The number of sulfonamides is 1. The maximum Gasteiger partial charge on any atom is 0.293 e. The molecule has 3 N–H and O–H groups in total. The zero-order valence-electron chi connectivity index (χ0n) is 17.0. The number of ether oxygens (including phenoxy) is 1. The lowest BCUT2D eigenvalue weighted by Crippen LogP contribution is -2.40. The van der Waals surface area contributed by atoms with Gasteiger partial charge < -0.3 is 9.30 Å². The van der Waals surface area contributed by atoms with Gasteiger partial charge in [-0.15, -0.1) is 0 Å². The molecule has 0 radical (unpaired) electrons. The van der Waals surface area contributed by atoms with Crippen molar-refractivity contribution in [2.24, 2.45) is 7.05 Å². The van der Waals surface area contributed by atoms with E-state index in [1.54, 1.807) is 0 Å². The van der Waals surface area contributed by atoms with Gasteiger partial charge in [-0.05, 0) is 37.3 Å². The van der Waals surface area contributed by atoms with Crippen LogP contribution in [0.5, 0.6) is 11.5 Å². The molecular formula is C20H19F2N5O4S. The van der Waals surface area contributed by atoms with E-state index in [4.69, 9.17) is 15.6 Å². The van der Waals surface area contributed by atoms with Crippen LogP contribution in [0.4, 0.5) is 14.5 Å². The van der Waals surface area contributed by atoms with Crippen molar-refractivity contribution in [2.75, 3.05) is 10.5 Å². The Bertz CT molecular complexity index is 1430. The Morgan fingerprint density at radius 2 is 1.84 bits per heavy atom. The predicted octanol–water partition coefficient (Wildman–Crippen LogP) is 2.62. The van der Waals surface area contributed by atoms with Gasteiger partial charge in [0.2, 0.25) is 10.0 Å². The van der Waals surface area contributed by atoms with Gasteiger partial charge >= 0.3 is 0 Å². The molecule has 0 bridgehead atoms. The fourth-order valence-electron chi connectivity index (χ4n) is 2.84. The van der Waals surface area contributed by atoms with Crippen LogP contribution in [0.1, 0.15) is 6.92 Å². The van der Waals surface area contributed by atoms with E-state index in [-0.39, 0.29) is 34.2 Å². The first-order valence-electron chi connectivity index (χ1n) is 9.21. The highest BCUT2D eigenvalue weighted by atomic mass is 32.2. The third kappa shape index (κ3) is 4.59. The van der Waals surface area contributed by atoms with Gasteiger partial charge in [-0.25, -0.2) is 17.2 Å². The average molecular weight is 463 g/mol. The normalized spacial score (nSPS) is 11.2. The van der Waals surface area contributed by atoms with Crippen molar-refractivity contribution in [1.82, 2.24) is 9.13 Å². The van der Waals surface area contributed by atoms with Gasteiger partial charge in [-0.1, -0.05) is 0 Å². The lowest BCUT2D eigenvalue weighted by molar-refractivity contribution is 0.439. The number of aromatic nitrogens is 2. The van der Waals surface area contributed by atoms with E-state index in [1.807, 2.05) is 0 Å². The minimum atomic E-state index is -3.63. The summed E-state index contributed by atoms with van der Waals surface area (Å²) in [5.41, 5.74) is -0.781. The average Bonchev–Trinajstić information content (AvgIpc) is 2.74. The quantitative estimate of drug-likeness (QED) is 0.367. The molecule has 3 aromatic rings. The number of hydrogen-bond donors (Lipinski definition) is 3. The van der Waals surface area contributed by atoms with Gasteiger partial charge in [-0.3, -0.25) is 24.9 Å². The summed E-state index contributed by atoms with van der Waals surface area (Å²) < 4.78 is 61.5. The molecule has 168 valence electrons. The molecular weight excluding hydrogens is 444 g/mol. The van der Waals surface area contributed by atoms with Crippen LogP contribution >= 0.6 is 0 Å². The Hall–Kier alpha value is -3.80. The number of halogens is 2. The fraction of sp³-hybridized carbons (Fsp3) is 0.150. The summed E-state index contributed by atoms with van der Waals surface area (Å²) in [7, 11) is -2.23. The van der Waals surface area contributed by atoms with Gasteiger partial charge in [-0.2, -0.15) is 0 Å². The first kappa shape index (κ1) is 22.9. The van der Waals surface area contributed by atoms with Gasteiger partial charge in [0.15, 0.2) is 17.1 Å². The van der Waals surface area contributed by atoms with Crippen molar-refractivity contribution in [1.29, 1.82) is 10.8 Å². The Kier molecular flexibility index (Phi) is 6.25. The second-order valence-electron chi connectivity index (χ2n) is 6.67. The van der Waals surface area contributed by atoms with E-state index in [1.165, 1.54) is 38.4 Å². The van der Waals surface area contributed by atoms with Crippen LogP contribution in [0.2, 0.25) is 0 Å². The first-order valence-corrected chi connectivity index (χ1v) is 10.9. The van der Waals surface area contributed by atoms with E-state index in [0.717, 1.165) is 27.6 Å². The van der Waals surface area contributed by atoms with E-state index in [2.05, 4.69) is 4.72 Å². The Morgan fingerprint density at radius 1 is 1.16 bits per heavy atom. The summed E-state index contributed by atoms with van der Waals surface area (Å²) in [4.78, 5) is 12.1. The largest absolute Gasteiger partial charge is 0.454 e. The monoisotopic (exact) mass is 463 g/mol. The van der Waals surface area contributed by atoms with Crippen molar-refractivity contribution in [3.05, 3.63) is 70.1 Å². The minimum Gasteiger partial charge on any atom is -0.454 e. The summed E-state index contributed by atoms with van der Waals surface area (Å²) >= 11 is 0. The highest BCUT2D eigenvalue weighted by Crippen LogP contribution is 2.36. The summed E-state index contributed by atoms with van der Waals surface area (Å²) in [5, 5.41) is 15.7. The van der Waals surface area contributed by atoms with E-state index < -0.39 is 32.7 Å². The molecule has 0 amide bonds.